The predicted molar refractivity (Wildman–Crippen MR) is 67.9 cm³/mol. The van der Waals surface area contributed by atoms with Crippen LogP contribution in [0, 0.1) is 5.92 Å². The van der Waals surface area contributed by atoms with Gasteiger partial charge in [0.25, 0.3) is 0 Å². The maximum atomic E-state index is 11.8. The molecule has 0 aliphatic carbocycles. The van der Waals surface area contributed by atoms with E-state index >= 15 is 0 Å². The Hall–Kier alpha value is -1.01. The number of rotatable bonds is 3. The quantitative estimate of drug-likeness (QED) is 0.669. The van der Waals surface area contributed by atoms with Gasteiger partial charge in [-0.05, 0) is 11.7 Å². The molecule has 1 atom stereocenters. The van der Waals surface area contributed by atoms with Gasteiger partial charge in [0.05, 0.1) is 7.11 Å². The maximum absolute atomic E-state index is 11.8. The largest absolute Gasteiger partial charge is 0.481 e. The van der Waals surface area contributed by atoms with Crippen LogP contribution in [0.3, 0.4) is 0 Å². The van der Waals surface area contributed by atoms with Gasteiger partial charge in [-0.3, -0.25) is 9.69 Å². The molecule has 0 aromatic carbocycles. The van der Waals surface area contributed by atoms with Crippen molar-refractivity contribution in [2.24, 2.45) is 5.92 Å². The van der Waals surface area contributed by atoms with Gasteiger partial charge in [0, 0.05) is 19.0 Å². The fourth-order valence-electron chi connectivity index (χ4n) is 1.71. The van der Waals surface area contributed by atoms with Gasteiger partial charge in [0.2, 0.25) is 17.7 Å². The summed E-state index contributed by atoms with van der Waals surface area (Å²) in [6.07, 6.45) is 0.474. The number of aromatic nitrogens is 2. The number of amides is 1. The van der Waals surface area contributed by atoms with Crippen molar-refractivity contribution in [1.29, 1.82) is 0 Å². The summed E-state index contributed by atoms with van der Waals surface area (Å²) < 4.78 is 5.00. The van der Waals surface area contributed by atoms with Gasteiger partial charge in [0.15, 0.2) is 0 Å². The second kappa shape index (κ2) is 5.10. The highest BCUT2D eigenvalue weighted by molar-refractivity contribution is 7.80. The molecule has 1 aromatic heterocycles. The van der Waals surface area contributed by atoms with Crippen LogP contribution in [0.25, 0.3) is 0 Å². The van der Waals surface area contributed by atoms with Crippen molar-refractivity contribution in [3.05, 3.63) is 11.2 Å². The van der Waals surface area contributed by atoms with E-state index in [1.807, 2.05) is 0 Å². The fourth-order valence-corrected chi connectivity index (χ4v) is 2.12. The van der Waals surface area contributed by atoms with Gasteiger partial charge in [-0.2, -0.15) is 17.6 Å². The molecule has 1 aromatic rings. The van der Waals surface area contributed by atoms with E-state index in [2.05, 4.69) is 22.6 Å². The lowest BCUT2D eigenvalue weighted by atomic mass is 10.1. The highest BCUT2D eigenvalue weighted by Crippen LogP contribution is 2.25. The molecule has 1 aliphatic heterocycles. The number of ether oxygens (including phenoxy) is 1. The lowest BCUT2D eigenvalue weighted by Crippen LogP contribution is -2.26. The minimum Gasteiger partial charge on any atom is -0.481 e. The van der Waals surface area contributed by atoms with Crippen molar-refractivity contribution in [3.8, 4) is 5.88 Å². The first kappa shape index (κ1) is 12.4. The minimum absolute atomic E-state index is 0.00614. The molecule has 0 N–H and O–H groups in total. The van der Waals surface area contributed by atoms with Gasteiger partial charge < -0.3 is 4.74 Å². The van der Waals surface area contributed by atoms with Crippen LogP contribution in [0.15, 0.2) is 6.07 Å². The molecule has 0 bridgehead atoms. The SMILES string of the molecule is COc1cc(Cl)nc(N2CC(CS)CC2=O)n1. The van der Waals surface area contributed by atoms with Crippen LogP contribution in [0.1, 0.15) is 6.42 Å². The van der Waals surface area contributed by atoms with Crippen LogP contribution in [-0.4, -0.2) is 35.3 Å². The summed E-state index contributed by atoms with van der Waals surface area (Å²) in [4.78, 5) is 21.5. The zero-order valence-electron chi connectivity index (χ0n) is 9.26. The molecule has 0 radical (unpaired) electrons. The topological polar surface area (TPSA) is 55.3 Å². The Balaban J connectivity index is 2.28. The van der Waals surface area contributed by atoms with Gasteiger partial charge in [-0.1, -0.05) is 11.6 Å². The Morgan fingerprint density at radius 3 is 3.00 bits per heavy atom. The summed E-state index contributed by atoms with van der Waals surface area (Å²) in [5, 5.41) is 0.258. The first-order chi connectivity index (χ1) is 8.13. The monoisotopic (exact) mass is 273 g/mol. The van der Waals surface area contributed by atoms with Crippen LogP contribution in [0.5, 0.6) is 5.88 Å². The Morgan fingerprint density at radius 2 is 2.41 bits per heavy atom. The van der Waals surface area contributed by atoms with E-state index < -0.39 is 0 Å². The van der Waals surface area contributed by atoms with Crippen molar-refractivity contribution in [2.45, 2.75) is 6.42 Å². The average molecular weight is 274 g/mol. The Kier molecular flexibility index (Phi) is 3.73. The van der Waals surface area contributed by atoms with E-state index in [1.54, 1.807) is 0 Å². The van der Waals surface area contributed by atoms with E-state index in [-0.39, 0.29) is 17.0 Å². The molecule has 92 valence electrons. The number of methoxy groups -OCH3 is 1. The molecular formula is C10H12ClN3O2S. The van der Waals surface area contributed by atoms with Gasteiger partial charge >= 0.3 is 0 Å². The van der Waals surface area contributed by atoms with Crippen molar-refractivity contribution in [1.82, 2.24) is 9.97 Å². The standard InChI is InChI=1S/C10H12ClN3O2S/c1-16-8-3-7(11)12-10(13-8)14-4-6(5-17)2-9(14)15/h3,6,17H,2,4-5H2,1H3. The number of thiol groups is 1. The molecule has 1 unspecified atom stereocenters. The zero-order valence-corrected chi connectivity index (χ0v) is 10.9. The summed E-state index contributed by atoms with van der Waals surface area (Å²) >= 11 is 10.0. The molecule has 1 fully saturated rings. The van der Waals surface area contributed by atoms with Crippen LogP contribution in [0.2, 0.25) is 5.15 Å². The number of carbonyl (C=O) groups excluding carboxylic acids is 1. The third-order valence-electron chi connectivity index (χ3n) is 2.57. The van der Waals surface area contributed by atoms with Crippen LogP contribution >= 0.6 is 24.2 Å². The molecule has 0 saturated carbocycles. The Bertz CT molecular complexity index is 444. The highest BCUT2D eigenvalue weighted by Gasteiger charge is 2.31. The average Bonchev–Trinajstić information content (AvgIpc) is 2.69. The van der Waals surface area contributed by atoms with Crippen LogP contribution < -0.4 is 9.64 Å². The van der Waals surface area contributed by atoms with Crippen LogP contribution in [-0.2, 0) is 4.79 Å². The second-order valence-electron chi connectivity index (χ2n) is 3.79. The van der Waals surface area contributed by atoms with E-state index in [0.717, 1.165) is 0 Å². The summed E-state index contributed by atoms with van der Waals surface area (Å²) in [6.45, 7) is 0.575. The molecule has 17 heavy (non-hydrogen) atoms. The van der Waals surface area contributed by atoms with Crippen molar-refractivity contribution in [2.75, 3.05) is 24.3 Å². The van der Waals surface area contributed by atoms with Crippen LogP contribution in [0.4, 0.5) is 5.95 Å². The molecule has 2 heterocycles. The number of anilines is 1. The first-order valence-electron chi connectivity index (χ1n) is 5.14. The third-order valence-corrected chi connectivity index (χ3v) is 3.28. The van der Waals surface area contributed by atoms with E-state index in [0.29, 0.717) is 30.5 Å². The van der Waals surface area contributed by atoms with Crippen molar-refractivity contribution < 1.29 is 9.53 Å². The highest BCUT2D eigenvalue weighted by atomic mass is 35.5. The number of hydrogen-bond donors (Lipinski definition) is 1. The lowest BCUT2D eigenvalue weighted by molar-refractivity contribution is -0.117. The van der Waals surface area contributed by atoms with E-state index in [4.69, 9.17) is 16.3 Å². The Labute approximate surface area is 110 Å². The summed E-state index contributed by atoms with van der Waals surface area (Å²) in [6, 6.07) is 1.50. The molecule has 1 aliphatic rings. The number of hydrogen-bond acceptors (Lipinski definition) is 5. The van der Waals surface area contributed by atoms with E-state index in [1.165, 1.54) is 18.1 Å². The minimum atomic E-state index is -0.00614. The summed E-state index contributed by atoms with van der Waals surface area (Å²) in [5.74, 6) is 1.54. The molecule has 2 rings (SSSR count). The van der Waals surface area contributed by atoms with E-state index in [9.17, 15) is 4.79 Å². The number of nitrogens with zero attached hydrogens (tertiary/aromatic N) is 3. The van der Waals surface area contributed by atoms with Gasteiger partial charge in [0.1, 0.15) is 5.15 Å². The molecule has 7 heteroatoms. The normalized spacial score (nSPS) is 19.8. The first-order valence-corrected chi connectivity index (χ1v) is 6.15. The lowest BCUT2D eigenvalue weighted by Gasteiger charge is -2.14. The maximum Gasteiger partial charge on any atom is 0.236 e. The molecule has 1 amide bonds. The van der Waals surface area contributed by atoms with Crippen molar-refractivity contribution in [3.63, 3.8) is 0 Å². The molecule has 5 nitrogen and oxygen atoms in total. The summed E-state index contributed by atoms with van der Waals surface area (Å²) in [7, 11) is 1.49. The smallest absolute Gasteiger partial charge is 0.236 e. The summed E-state index contributed by atoms with van der Waals surface area (Å²) in [5.41, 5.74) is 0. The predicted octanol–water partition coefficient (Wildman–Crippen LogP) is 1.42. The molecule has 1 saturated heterocycles. The Morgan fingerprint density at radius 1 is 1.65 bits per heavy atom. The zero-order chi connectivity index (χ0) is 12.4. The number of halogens is 1. The fraction of sp³-hybridized carbons (Fsp3) is 0.500. The van der Waals surface area contributed by atoms with Crippen molar-refractivity contribution >= 4 is 36.1 Å². The molecular weight excluding hydrogens is 262 g/mol. The second-order valence-corrected chi connectivity index (χ2v) is 4.54. The molecule has 0 spiro atoms. The third kappa shape index (κ3) is 2.63. The van der Waals surface area contributed by atoms with Gasteiger partial charge in [-0.25, -0.2) is 4.98 Å². The number of carbonyl (C=O) groups is 1. The van der Waals surface area contributed by atoms with Gasteiger partial charge in [-0.15, -0.1) is 0 Å².